The summed E-state index contributed by atoms with van der Waals surface area (Å²) in [6, 6.07) is 9.90. The van der Waals surface area contributed by atoms with Crippen LogP contribution in [0.4, 0.5) is 0 Å². The fourth-order valence-corrected chi connectivity index (χ4v) is 5.44. The Balaban J connectivity index is 1.80. The van der Waals surface area contributed by atoms with Crippen LogP contribution in [0.25, 0.3) is 0 Å². The summed E-state index contributed by atoms with van der Waals surface area (Å²) in [6.07, 6.45) is 2.49. The molecule has 1 aromatic carbocycles. The van der Waals surface area contributed by atoms with Gasteiger partial charge in [0.1, 0.15) is 0 Å². The maximum Gasteiger partial charge on any atom is 0.256 e. The number of carbonyl (C=O) groups is 2. The lowest BCUT2D eigenvalue weighted by molar-refractivity contribution is -0.119. The molecule has 1 fully saturated rings. The Bertz CT molecular complexity index is 901. The lowest BCUT2D eigenvalue weighted by Crippen LogP contribution is -2.46. The van der Waals surface area contributed by atoms with Gasteiger partial charge in [0.25, 0.3) is 5.91 Å². The zero-order valence-electron chi connectivity index (χ0n) is 15.9. The fourth-order valence-electron chi connectivity index (χ4n) is 4.48. The van der Waals surface area contributed by atoms with E-state index in [4.69, 9.17) is 11.6 Å². The highest BCUT2D eigenvalue weighted by Crippen LogP contribution is 2.45. The number of nitrogens with zero attached hydrogens (tertiary/aromatic N) is 3. The highest BCUT2D eigenvalue weighted by molar-refractivity contribution is 9.10. The van der Waals surface area contributed by atoms with E-state index < -0.39 is 0 Å². The summed E-state index contributed by atoms with van der Waals surface area (Å²) in [5, 5.41) is 0.680. The van der Waals surface area contributed by atoms with Crippen molar-refractivity contribution in [3.63, 3.8) is 0 Å². The van der Waals surface area contributed by atoms with E-state index in [1.165, 1.54) is 0 Å². The van der Waals surface area contributed by atoms with Crippen LogP contribution in [0.15, 0.2) is 34.9 Å². The van der Waals surface area contributed by atoms with Crippen molar-refractivity contribution in [2.24, 2.45) is 0 Å². The Labute approximate surface area is 178 Å². The molecular formula is C21H23BrClN3O2. The number of rotatable bonds is 4. The Morgan fingerprint density at radius 1 is 1.18 bits per heavy atom. The predicted octanol–water partition coefficient (Wildman–Crippen LogP) is 4.65. The van der Waals surface area contributed by atoms with Gasteiger partial charge in [0.05, 0.1) is 21.9 Å². The minimum Gasteiger partial charge on any atom is -0.345 e. The monoisotopic (exact) mass is 463 g/mol. The number of piperidine rings is 1. The zero-order chi connectivity index (χ0) is 20.0. The van der Waals surface area contributed by atoms with Crippen molar-refractivity contribution in [1.82, 2.24) is 14.4 Å². The van der Waals surface area contributed by atoms with Crippen LogP contribution in [-0.4, -0.2) is 45.8 Å². The molecule has 1 aromatic heterocycles. The molecule has 2 amide bonds. The van der Waals surface area contributed by atoms with Crippen LogP contribution in [0.5, 0.6) is 0 Å². The molecule has 0 bridgehead atoms. The molecule has 0 aliphatic carbocycles. The van der Waals surface area contributed by atoms with Gasteiger partial charge in [-0.1, -0.05) is 23.7 Å². The summed E-state index contributed by atoms with van der Waals surface area (Å²) >= 11 is 9.76. The summed E-state index contributed by atoms with van der Waals surface area (Å²) in [7, 11) is 0. The topological polar surface area (TPSA) is 45.5 Å². The quantitative estimate of drug-likeness (QED) is 0.618. The maximum absolute atomic E-state index is 13.5. The lowest BCUT2D eigenvalue weighted by atomic mass is 9.98. The molecule has 0 N–H and O–H groups in total. The van der Waals surface area contributed by atoms with E-state index in [-0.39, 0.29) is 24.0 Å². The van der Waals surface area contributed by atoms with Crippen LogP contribution in [0.3, 0.4) is 0 Å². The van der Waals surface area contributed by atoms with Gasteiger partial charge in [-0.25, -0.2) is 0 Å². The number of carbonyl (C=O) groups excluding carboxylic acids is 2. The minimum absolute atomic E-state index is 0.0691. The molecule has 1 atom stereocenters. The first-order valence-corrected chi connectivity index (χ1v) is 10.8. The number of benzene rings is 1. The van der Waals surface area contributed by atoms with E-state index in [1.807, 2.05) is 35.2 Å². The number of amides is 2. The van der Waals surface area contributed by atoms with Crippen LogP contribution < -0.4 is 0 Å². The number of likely N-dealkylation sites (tertiary alicyclic amines) is 1. The third-order valence-corrected chi connectivity index (χ3v) is 6.64. The van der Waals surface area contributed by atoms with Crippen LogP contribution in [0.1, 0.15) is 60.4 Å². The first kappa shape index (κ1) is 19.5. The molecule has 7 heteroatoms. The Hall–Kier alpha value is -1.79. The van der Waals surface area contributed by atoms with E-state index in [9.17, 15) is 9.59 Å². The van der Waals surface area contributed by atoms with E-state index in [0.717, 1.165) is 40.7 Å². The molecule has 2 aliphatic rings. The summed E-state index contributed by atoms with van der Waals surface area (Å²) in [4.78, 5) is 28.4. The number of halogens is 2. The Morgan fingerprint density at radius 2 is 1.82 bits per heavy atom. The predicted molar refractivity (Wildman–Crippen MR) is 113 cm³/mol. The molecule has 148 valence electrons. The Kier molecular flexibility index (Phi) is 5.27. The van der Waals surface area contributed by atoms with Crippen LogP contribution >= 0.6 is 27.5 Å². The van der Waals surface area contributed by atoms with Crippen LogP contribution in [0.2, 0.25) is 5.02 Å². The molecule has 0 saturated carbocycles. The van der Waals surface area contributed by atoms with Crippen molar-refractivity contribution in [2.75, 3.05) is 13.1 Å². The van der Waals surface area contributed by atoms with Crippen molar-refractivity contribution >= 4 is 39.8 Å². The second-order valence-corrected chi connectivity index (χ2v) is 9.02. The molecule has 2 aliphatic heterocycles. The van der Waals surface area contributed by atoms with Crippen molar-refractivity contribution in [1.29, 1.82) is 0 Å². The average Bonchev–Trinajstić information content (AvgIpc) is 3.16. The molecule has 0 radical (unpaired) electrons. The van der Waals surface area contributed by atoms with Gasteiger partial charge in [-0.3, -0.25) is 9.59 Å². The molecule has 4 rings (SSSR count). The van der Waals surface area contributed by atoms with Gasteiger partial charge in [-0.15, -0.1) is 0 Å². The summed E-state index contributed by atoms with van der Waals surface area (Å²) < 4.78 is 3.13. The number of hydrogen-bond donors (Lipinski definition) is 0. The summed E-state index contributed by atoms with van der Waals surface area (Å²) in [5.41, 5.74) is 2.85. The van der Waals surface area contributed by atoms with Gasteiger partial charge >= 0.3 is 0 Å². The van der Waals surface area contributed by atoms with Gasteiger partial charge < -0.3 is 14.4 Å². The molecule has 3 heterocycles. The highest BCUT2D eigenvalue weighted by Gasteiger charge is 2.45. The smallest absolute Gasteiger partial charge is 0.256 e. The van der Waals surface area contributed by atoms with E-state index >= 15 is 0 Å². The SMILES string of the molecule is CC(C)n1c(Br)cc2c1C(c1ccc(Cl)cc1)N(C1CCN(C=O)CC1)C2=O. The molecular weight excluding hydrogens is 442 g/mol. The molecule has 1 unspecified atom stereocenters. The van der Waals surface area contributed by atoms with Gasteiger partial charge in [-0.05, 0) is 66.4 Å². The first-order chi connectivity index (χ1) is 13.4. The Morgan fingerprint density at radius 3 is 2.39 bits per heavy atom. The third-order valence-electron chi connectivity index (χ3n) is 5.77. The van der Waals surface area contributed by atoms with Crippen LogP contribution in [0, 0.1) is 0 Å². The number of aromatic nitrogens is 1. The molecule has 1 saturated heterocycles. The summed E-state index contributed by atoms with van der Waals surface area (Å²) in [5.74, 6) is 0.0691. The number of hydrogen-bond acceptors (Lipinski definition) is 2. The van der Waals surface area contributed by atoms with Crippen molar-refractivity contribution in [2.45, 2.75) is 44.8 Å². The van der Waals surface area contributed by atoms with Gasteiger partial charge in [-0.2, -0.15) is 0 Å². The zero-order valence-corrected chi connectivity index (χ0v) is 18.3. The highest BCUT2D eigenvalue weighted by atomic mass is 79.9. The van der Waals surface area contributed by atoms with Crippen molar-refractivity contribution in [3.8, 4) is 0 Å². The van der Waals surface area contributed by atoms with Crippen molar-refractivity contribution < 1.29 is 9.59 Å². The molecule has 28 heavy (non-hydrogen) atoms. The number of fused-ring (bicyclic) bond motifs is 1. The van der Waals surface area contributed by atoms with Gasteiger partial charge in [0.2, 0.25) is 6.41 Å². The lowest BCUT2D eigenvalue weighted by Gasteiger charge is -2.39. The maximum atomic E-state index is 13.5. The molecule has 2 aromatic rings. The van der Waals surface area contributed by atoms with E-state index in [0.29, 0.717) is 18.1 Å². The largest absolute Gasteiger partial charge is 0.345 e. The van der Waals surface area contributed by atoms with Gasteiger partial charge in [0.15, 0.2) is 0 Å². The second-order valence-electron chi connectivity index (χ2n) is 7.77. The minimum atomic E-state index is -0.152. The van der Waals surface area contributed by atoms with Crippen LogP contribution in [-0.2, 0) is 4.79 Å². The van der Waals surface area contributed by atoms with Gasteiger partial charge in [0, 0.05) is 30.2 Å². The molecule has 0 spiro atoms. The molecule has 5 nitrogen and oxygen atoms in total. The second kappa shape index (κ2) is 7.56. The summed E-state index contributed by atoms with van der Waals surface area (Å²) in [6.45, 7) is 5.62. The van der Waals surface area contributed by atoms with E-state index in [1.54, 1.807) is 4.90 Å². The van der Waals surface area contributed by atoms with Crippen molar-refractivity contribution in [3.05, 3.63) is 56.8 Å². The fraction of sp³-hybridized carbons (Fsp3) is 0.429. The standard InChI is InChI=1S/C21H23BrClN3O2/c1-13(2)25-18(22)11-17-20(25)19(14-3-5-15(23)6-4-14)26(21(17)28)16-7-9-24(12-27)10-8-16/h3-6,11-13,16,19H,7-10H2,1-2H3. The normalized spacial score (nSPS) is 20.2. The third kappa shape index (κ3) is 3.16. The van der Waals surface area contributed by atoms with E-state index in [2.05, 4.69) is 34.3 Å². The average molecular weight is 465 g/mol. The first-order valence-electron chi connectivity index (χ1n) is 9.60.